The van der Waals surface area contributed by atoms with Crippen LogP contribution in [0.5, 0.6) is 11.5 Å². The van der Waals surface area contributed by atoms with E-state index in [-0.39, 0.29) is 18.5 Å². The van der Waals surface area contributed by atoms with Crippen molar-refractivity contribution in [1.29, 1.82) is 0 Å². The van der Waals surface area contributed by atoms with Crippen LogP contribution in [-0.4, -0.2) is 55.8 Å². The zero-order valence-corrected chi connectivity index (χ0v) is 14.8. The van der Waals surface area contributed by atoms with E-state index in [1.807, 2.05) is 0 Å². The van der Waals surface area contributed by atoms with Crippen molar-refractivity contribution in [3.05, 3.63) is 30.0 Å². The van der Waals surface area contributed by atoms with Gasteiger partial charge in [0.25, 0.3) is 0 Å². The van der Waals surface area contributed by atoms with Crippen molar-refractivity contribution in [2.24, 2.45) is 0 Å². The van der Waals surface area contributed by atoms with E-state index in [1.165, 1.54) is 12.0 Å². The van der Waals surface area contributed by atoms with E-state index in [4.69, 9.17) is 14.0 Å². The summed E-state index contributed by atoms with van der Waals surface area (Å²) in [5.74, 6) is 1.75. The van der Waals surface area contributed by atoms with E-state index < -0.39 is 0 Å². The Hall–Kier alpha value is -3.23. The molecule has 1 saturated heterocycles. The molecule has 0 radical (unpaired) electrons. The van der Waals surface area contributed by atoms with E-state index in [2.05, 4.69) is 10.5 Å². The molecule has 9 nitrogen and oxygen atoms in total. The first kappa shape index (κ1) is 17.6. The number of hydrogen-bond donors (Lipinski definition) is 1. The van der Waals surface area contributed by atoms with E-state index in [0.29, 0.717) is 41.9 Å². The number of rotatable bonds is 6. The lowest BCUT2D eigenvalue weighted by Gasteiger charge is -2.20. The predicted octanol–water partition coefficient (Wildman–Crippen LogP) is 1.88. The van der Waals surface area contributed by atoms with Crippen molar-refractivity contribution in [3.63, 3.8) is 0 Å². The van der Waals surface area contributed by atoms with Crippen LogP contribution in [0.2, 0.25) is 0 Å². The number of methoxy groups -OCH3 is 2. The Morgan fingerprint density at radius 2 is 2.08 bits per heavy atom. The third-order valence-electron chi connectivity index (χ3n) is 4.00. The van der Waals surface area contributed by atoms with Gasteiger partial charge in [-0.1, -0.05) is 5.16 Å². The van der Waals surface area contributed by atoms with Crippen molar-refractivity contribution in [3.8, 4) is 11.5 Å². The lowest BCUT2D eigenvalue weighted by Crippen LogP contribution is -2.37. The molecular formula is C17H20N4O5. The van der Waals surface area contributed by atoms with Gasteiger partial charge in [-0.2, -0.15) is 0 Å². The Morgan fingerprint density at radius 3 is 2.73 bits per heavy atom. The molecule has 138 valence electrons. The highest BCUT2D eigenvalue weighted by Gasteiger charge is 2.32. The molecule has 1 N–H and O–H groups in total. The zero-order valence-electron chi connectivity index (χ0n) is 14.8. The fourth-order valence-electron chi connectivity index (χ4n) is 2.74. The summed E-state index contributed by atoms with van der Waals surface area (Å²) in [4.78, 5) is 27.9. The molecule has 1 aromatic heterocycles. The van der Waals surface area contributed by atoms with Gasteiger partial charge in [0.1, 0.15) is 23.8 Å². The van der Waals surface area contributed by atoms with Crippen molar-refractivity contribution >= 4 is 23.4 Å². The van der Waals surface area contributed by atoms with Crippen molar-refractivity contribution in [2.75, 3.05) is 44.1 Å². The van der Waals surface area contributed by atoms with Gasteiger partial charge >= 0.3 is 6.03 Å². The van der Waals surface area contributed by atoms with Gasteiger partial charge in [0, 0.05) is 25.2 Å². The van der Waals surface area contributed by atoms with Gasteiger partial charge in [0.15, 0.2) is 5.82 Å². The van der Waals surface area contributed by atoms with E-state index >= 15 is 0 Å². The second-order valence-corrected chi connectivity index (χ2v) is 5.76. The number of aryl methyl sites for hydroxylation is 1. The van der Waals surface area contributed by atoms with E-state index in [0.717, 1.165) is 0 Å². The summed E-state index contributed by atoms with van der Waals surface area (Å²) in [5.41, 5.74) is 0.604. The largest absolute Gasteiger partial charge is 0.497 e. The number of nitrogens with one attached hydrogen (secondary N) is 1. The Morgan fingerprint density at radius 1 is 1.27 bits per heavy atom. The molecule has 1 aliphatic heterocycles. The van der Waals surface area contributed by atoms with Gasteiger partial charge in [-0.3, -0.25) is 9.69 Å². The van der Waals surface area contributed by atoms with Crippen LogP contribution in [-0.2, 0) is 4.79 Å². The number of benzene rings is 1. The van der Waals surface area contributed by atoms with Crippen molar-refractivity contribution < 1.29 is 23.6 Å². The van der Waals surface area contributed by atoms with Gasteiger partial charge in [-0.05, 0) is 19.1 Å². The monoisotopic (exact) mass is 360 g/mol. The van der Waals surface area contributed by atoms with E-state index in [1.54, 1.807) is 43.2 Å². The summed E-state index contributed by atoms with van der Waals surface area (Å²) in [6, 6.07) is 6.57. The highest BCUT2D eigenvalue weighted by atomic mass is 16.5. The first-order valence-electron chi connectivity index (χ1n) is 8.03. The smallest absolute Gasteiger partial charge is 0.325 e. The second-order valence-electron chi connectivity index (χ2n) is 5.76. The maximum atomic E-state index is 12.7. The lowest BCUT2D eigenvalue weighted by atomic mass is 10.2. The van der Waals surface area contributed by atoms with Crippen LogP contribution >= 0.6 is 0 Å². The molecular weight excluding hydrogens is 340 g/mol. The molecule has 9 heteroatoms. The SMILES string of the molecule is COc1ccc(OC)c(N2CCN(CC(=O)Nc3cc(C)on3)C2=O)c1. The Kier molecular flexibility index (Phi) is 4.97. The number of anilines is 2. The first-order valence-corrected chi connectivity index (χ1v) is 8.03. The number of nitrogens with zero attached hydrogens (tertiary/aromatic N) is 3. The lowest BCUT2D eigenvalue weighted by molar-refractivity contribution is -0.116. The molecule has 2 aromatic rings. The number of ether oxygens (including phenoxy) is 2. The standard InChI is InChI=1S/C17H20N4O5/c1-11-8-15(19-26-11)18-16(22)10-20-6-7-21(17(20)23)13-9-12(24-2)4-5-14(13)25-3/h4-5,8-9H,6-7,10H2,1-3H3,(H,18,19,22). The molecule has 2 heterocycles. The average Bonchev–Trinajstić information content (AvgIpc) is 3.20. The third kappa shape index (κ3) is 3.56. The Labute approximate surface area is 150 Å². The Balaban J connectivity index is 1.69. The molecule has 26 heavy (non-hydrogen) atoms. The summed E-state index contributed by atoms with van der Waals surface area (Å²) in [6.07, 6.45) is 0. The van der Waals surface area contributed by atoms with Gasteiger partial charge < -0.3 is 24.2 Å². The highest BCUT2D eigenvalue weighted by molar-refractivity contribution is 6.00. The molecule has 1 aromatic carbocycles. The minimum absolute atomic E-state index is 0.0759. The minimum Gasteiger partial charge on any atom is -0.497 e. The molecule has 0 saturated carbocycles. The van der Waals surface area contributed by atoms with Crippen LogP contribution in [0.3, 0.4) is 0 Å². The van der Waals surface area contributed by atoms with Crippen LogP contribution in [0.25, 0.3) is 0 Å². The van der Waals surface area contributed by atoms with Crippen LogP contribution in [0.4, 0.5) is 16.3 Å². The molecule has 1 fully saturated rings. The molecule has 0 unspecified atom stereocenters. The maximum absolute atomic E-state index is 12.7. The molecule has 0 aliphatic carbocycles. The Bertz CT molecular complexity index is 819. The molecule has 0 atom stereocenters. The van der Waals surface area contributed by atoms with Crippen LogP contribution in [0, 0.1) is 6.92 Å². The number of hydrogen-bond acceptors (Lipinski definition) is 6. The zero-order chi connectivity index (χ0) is 18.7. The van der Waals surface area contributed by atoms with Crippen molar-refractivity contribution in [2.45, 2.75) is 6.92 Å². The number of carbonyl (C=O) groups excluding carboxylic acids is 2. The summed E-state index contributed by atoms with van der Waals surface area (Å²) in [6.45, 7) is 2.52. The summed E-state index contributed by atoms with van der Waals surface area (Å²) in [7, 11) is 3.09. The summed E-state index contributed by atoms with van der Waals surface area (Å²) < 4.78 is 15.5. The summed E-state index contributed by atoms with van der Waals surface area (Å²) >= 11 is 0. The number of aromatic nitrogens is 1. The average molecular weight is 360 g/mol. The first-order chi connectivity index (χ1) is 12.5. The maximum Gasteiger partial charge on any atom is 0.325 e. The quantitative estimate of drug-likeness (QED) is 0.845. The summed E-state index contributed by atoms with van der Waals surface area (Å²) in [5, 5.41) is 6.31. The predicted molar refractivity (Wildman–Crippen MR) is 93.7 cm³/mol. The number of urea groups is 1. The van der Waals surface area contributed by atoms with Crippen LogP contribution in [0.15, 0.2) is 28.8 Å². The van der Waals surface area contributed by atoms with Crippen LogP contribution in [0.1, 0.15) is 5.76 Å². The number of carbonyl (C=O) groups is 2. The van der Waals surface area contributed by atoms with E-state index in [9.17, 15) is 9.59 Å². The number of amides is 3. The molecule has 0 spiro atoms. The van der Waals surface area contributed by atoms with Gasteiger partial charge in [-0.25, -0.2) is 4.79 Å². The molecule has 3 amide bonds. The molecule has 3 rings (SSSR count). The third-order valence-corrected chi connectivity index (χ3v) is 4.00. The molecule has 1 aliphatic rings. The van der Waals surface area contributed by atoms with Crippen molar-refractivity contribution in [1.82, 2.24) is 10.1 Å². The topological polar surface area (TPSA) is 97.1 Å². The fraction of sp³-hybridized carbons (Fsp3) is 0.353. The molecule has 0 bridgehead atoms. The second kappa shape index (κ2) is 7.34. The normalized spacial score (nSPS) is 13.9. The van der Waals surface area contributed by atoms with Gasteiger partial charge in [0.2, 0.25) is 5.91 Å². The van der Waals surface area contributed by atoms with Gasteiger partial charge in [-0.15, -0.1) is 0 Å². The highest BCUT2D eigenvalue weighted by Crippen LogP contribution is 2.34. The minimum atomic E-state index is -0.342. The van der Waals surface area contributed by atoms with Crippen LogP contribution < -0.4 is 19.7 Å². The fourth-order valence-corrected chi connectivity index (χ4v) is 2.74. The van der Waals surface area contributed by atoms with Gasteiger partial charge in [0.05, 0.1) is 19.9 Å².